The highest BCUT2D eigenvalue weighted by Crippen LogP contribution is 2.39. The highest BCUT2D eigenvalue weighted by Gasteiger charge is 2.30. The largest absolute Gasteiger partial charge is 0.394 e. The van der Waals surface area contributed by atoms with Gasteiger partial charge in [0.15, 0.2) is 5.65 Å². The Bertz CT molecular complexity index is 1390. The first-order valence-corrected chi connectivity index (χ1v) is 11.7. The number of fused-ring (bicyclic) bond motifs is 1. The molecule has 4 aromatic rings. The van der Waals surface area contributed by atoms with Crippen molar-refractivity contribution in [3.63, 3.8) is 0 Å². The van der Waals surface area contributed by atoms with E-state index >= 15 is 0 Å². The van der Waals surface area contributed by atoms with Crippen molar-refractivity contribution in [3.8, 4) is 11.3 Å². The third-order valence-corrected chi connectivity index (χ3v) is 7.45. The first-order chi connectivity index (χ1) is 15.5. The third-order valence-electron chi connectivity index (χ3n) is 5.78. The number of pyridine rings is 1. The van der Waals surface area contributed by atoms with Gasteiger partial charge in [-0.05, 0) is 37.1 Å². The van der Waals surface area contributed by atoms with Gasteiger partial charge in [-0.3, -0.25) is 0 Å². The lowest BCUT2D eigenvalue weighted by Gasteiger charge is -2.26. The molecule has 5 rings (SSSR count). The highest BCUT2D eigenvalue weighted by atomic mass is 32.2. The summed E-state index contributed by atoms with van der Waals surface area (Å²) in [4.78, 5) is 15.0. The van der Waals surface area contributed by atoms with Crippen molar-refractivity contribution in [2.75, 3.05) is 23.8 Å². The Morgan fingerprint density at radius 3 is 2.62 bits per heavy atom. The summed E-state index contributed by atoms with van der Waals surface area (Å²) >= 11 is 0. The minimum absolute atomic E-state index is 0.0165. The van der Waals surface area contributed by atoms with E-state index in [1.165, 1.54) is 16.4 Å². The number of anilines is 2. The number of hydrogen-bond donors (Lipinski definition) is 2. The summed E-state index contributed by atoms with van der Waals surface area (Å²) in [5.41, 5.74) is 8.00. The minimum atomic E-state index is -3.91. The van der Waals surface area contributed by atoms with E-state index in [4.69, 9.17) is 5.73 Å². The van der Waals surface area contributed by atoms with Crippen molar-refractivity contribution >= 4 is 32.7 Å². The van der Waals surface area contributed by atoms with Gasteiger partial charge < -0.3 is 15.7 Å². The van der Waals surface area contributed by atoms with E-state index < -0.39 is 10.0 Å². The van der Waals surface area contributed by atoms with Gasteiger partial charge >= 0.3 is 0 Å². The van der Waals surface area contributed by atoms with Gasteiger partial charge in [-0.15, -0.1) is 0 Å². The Balaban J connectivity index is 1.82. The Kier molecular flexibility index (Phi) is 5.03. The Hall–Kier alpha value is -3.50. The molecule has 1 aliphatic heterocycles. The lowest BCUT2D eigenvalue weighted by atomic mass is 10.1. The number of nitrogens with zero attached hydrogens (tertiary/aromatic N) is 5. The smallest absolute Gasteiger partial charge is 0.269 e. The van der Waals surface area contributed by atoms with E-state index in [1.807, 2.05) is 6.07 Å². The molecule has 10 heteroatoms. The van der Waals surface area contributed by atoms with Crippen LogP contribution in [0.2, 0.25) is 0 Å². The molecule has 32 heavy (non-hydrogen) atoms. The van der Waals surface area contributed by atoms with Crippen LogP contribution < -0.4 is 10.6 Å². The fourth-order valence-corrected chi connectivity index (χ4v) is 5.64. The van der Waals surface area contributed by atoms with Crippen LogP contribution in [0.5, 0.6) is 0 Å². The normalized spacial score (nSPS) is 16.7. The predicted octanol–water partition coefficient (Wildman–Crippen LogP) is 2.27. The summed E-state index contributed by atoms with van der Waals surface area (Å²) in [5.74, 6) is 0.0918. The fourth-order valence-electron chi connectivity index (χ4n) is 4.30. The number of aromatic nitrogens is 4. The Morgan fingerprint density at radius 2 is 1.88 bits per heavy atom. The first-order valence-electron chi connectivity index (χ1n) is 10.3. The second-order valence-electron chi connectivity index (χ2n) is 7.66. The molecule has 0 spiro atoms. The molecule has 0 saturated carbocycles. The van der Waals surface area contributed by atoms with E-state index in [0.29, 0.717) is 22.3 Å². The summed E-state index contributed by atoms with van der Waals surface area (Å²) in [6, 6.07) is 11.7. The van der Waals surface area contributed by atoms with Gasteiger partial charge in [0.25, 0.3) is 10.0 Å². The first kappa shape index (κ1) is 20.4. The van der Waals surface area contributed by atoms with Gasteiger partial charge in [0, 0.05) is 30.7 Å². The van der Waals surface area contributed by atoms with Crippen LogP contribution in [0, 0.1) is 0 Å². The molecule has 1 unspecified atom stereocenters. The number of benzene rings is 1. The molecular weight excluding hydrogens is 428 g/mol. The van der Waals surface area contributed by atoms with Crippen LogP contribution in [0.3, 0.4) is 0 Å². The molecule has 1 aliphatic rings. The maximum Gasteiger partial charge on any atom is 0.269 e. The third kappa shape index (κ3) is 3.28. The van der Waals surface area contributed by atoms with E-state index in [1.54, 1.807) is 42.6 Å². The molecular formula is C22H22N6O3S. The molecule has 0 amide bonds. The second-order valence-corrected chi connectivity index (χ2v) is 9.47. The molecule has 4 heterocycles. The van der Waals surface area contributed by atoms with Crippen LogP contribution in [-0.4, -0.2) is 51.6 Å². The van der Waals surface area contributed by atoms with Gasteiger partial charge in [0.1, 0.15) is 0 Å². The van der Waals surface area contributed by atoms with E-state index in [2.05, 4.69) is 19.9 Å². The average molecular weight is 451 g/mol. The summed E-state index contributed by atoms with van der Waals surface area (Å²) in [6.45, 7) is 0.773. The van der Waals surface area contributed by atoms with E-state index in [9.17, 15) is 13.5 Å². The molecule has 0 aliphatic carbocycles. The Morgan fingerprint density at radius 1 is 1.09 bits per heavy atom. The van der Waals surface area contributed by atoms with Crippen LogP contribution in [0.25, 0.3) is 22.3 Å². The lowest BCUT2D eigenvalue weighted by Crippen LogP contribution is -2.32. The summed E-state index contributed by atoms with van der Waals surface area (Å²) < 4.78 is 28.2. The van der Waals surface area contributed by atoms with E-state index in [0.717, 1.165) is 25.1 Å². The maximum atomic E-state index is 13.5. The average Bonchev–Trinajstić information content (AvgIpc) is 3.45. The number of nitrogens with two attached hydrogens (primary N) is 1. The van der Waals surface area contributed by atoms with Crippen molar-refractivity contribution in [1.82, 2.24) is 18.9 Å². The monoisotopic (exact) mass is 450 g/mol. The lowest BCUT2D eigenvalue weighted by molar-refractivity contribution is 0.266. The summed E-state index contributed by atoms with van der Waals surface area (Å²) in [6.07, 6.45) is 6.47. The zero-order valence-electron chi connectivity index (χ0n) is 17.2. The molecule has 3 N–H and O–H groups in total. The SMILES string of the molecule is Nc1nccc(-c2cn(S(=O)(=O)c3ccccc3)c3nccc(N4CCCC4CO)c23)n1. The quantitative estimate of drug-likeness (QED) is 0.474. The van der Waals surface area contributed by atoms with Crippen molar-refractivity contribution in [2.24, 2.45) is 0 Å². The molecule has 0 bridgehead atoms. The van der Waals surface area contributed by atoms with Gasteiger partial charge in [-0.1, -0.05) is 18.2 Å². The summed E-state index contributed by atoms with van der Waals surface area (Å²) in [5, 5.41) is 10.5. The zero-order chi connectivity index (χ0) is 22.3. The van der Waals surface area contributed by atoms with Crippen molar-refractivity contribution in [1.29, 1.82) is 0 Å². The van der Waals surface area contributed by atoms with Crippen molar-refractivity contribution in [3.05, 3.63) is 61.1 Å². The standard InChI is InChI=1S/C22H22N6O3S/c23-22-25-10-8-18(26-22)17-13-28(32(30,31)16-6-2-1-3-7-16)21-20(17)19(9-11-24-21)27-12-4-5-15(27)14-29/h1-3,6-11,13,15,29H,4-5,12,14H2,(H2,23,25,26). The number of aliphatic hydroxyl groups excluding tert-OH is 1. The van der Waals surface area contributed by atoms with Gasteiger partial charge in [-0.2, -0.15) is 0 Å². The van der Waals surface area contributed by atoms with E-state index in [-0.39, 0.29) is 23.5 Å². The molecule has 0 radical (unpaired) electrons. The number of rotatable bonds is 5. The number of nitrogen functional groups attached to an aromatic ring is 1. The van der Waals surface area contributed by atoms with Crippen LogP contribution in [-0.2, 0) is 10.0 Å². The topological polar surface area (TPSA) is 127 Å². The van der Waals surface area contributed by atoms with Crippen molar-refractivity contribution < 1.29 is 13.5 Å². The van der Waals surface area contributed by atoms with Crippen LogP contribution in [0.15, 0.2) is 66.0 Å². The molecule has 1 saturated heterocycles. The van der Waals surface area contributed by atoms with Crippen LogP contribution in [0.1, 0.15) is 12.8 Å². The zero-order valence-corrected chi connectivity index (χ0v) is 18.0. The molecule has 164 valence electrons. The predicted molar refractivity (Wildman–Crippen MR) is 122 cm³/mol. The highest BCUT2D eigenvalue weighted by molar-refractivity contribution is 7.90. The fraction of sp³-hybridized carbons (Fsp3) is 0.227. The maximum absolute atomic E-state index is 13.5. The van der Waals surface area contributed by atoms with Gasteiger partial charge in [-0.25, -0.2) is 27.3 Å². The molecule has 1 fully saturated rings. The van der Waals surface area contributed by atoms with Crippen LogP contribution in [0.4, 0.5) is 11.6 Å². The minimum Gasteiger partial charge on any atom is -0.394 e. The molecule has 9 nitrogen and oxygen atoms in total. The molecule has 1 atom stereocenters. The number of hydrogen-bond acceptors (Lipinski definition) is 8. The van der Waals surface area contributed by atoms with Crippen LogP contribution >= 0.6 is 0 Å². The molecule has 1 aromatic carbocycles. The second kappa shape index (κ2) is 7.88. The molecule has 3 aromatic heterocycles. The summed E-state index contributed by atoms with van der Waals surface area (Å²) in [7, 11) is -3.91. The number of aliphatic hydroxyl groups is 1. The van der Waals surface area contributed by atoms with Crippen molar-refractivity contribution in [2.45, 2.75) is 23.8 Å². The van der Waals surface area contributed by atoms with Gasteiger partial charge in [0.2, 0.25) is 5.95 Å². The van der Waals surface area contributed by atoms with Gasteiger partial charge in [0.05, 0.1) is 34.3 Å². The Labute approximate surface area is 185 Å².